The average molecular weight is 296 g/mol. The number of nitrogens with zero attached hydrogens (tertiary/aromatic N) is 2. The fourth-order valence-electron chi connectivity index (χ4n) is 3.60. The average Bonchev–Trinajstić information content (AvgIpc) is 2.53. The molecule has 0 radical (unpaired) electrons. The quantitative estimate of drug-likeness (QED) is 0.859. The Hall–Kier alpha value is -1.10. The Bertz CT molecular complexity index is 378. The lowest BCUT2D eigenvalue weighted by atomic mass is 9.78. The molecule has 21 heavy (non-hydrogen) atoms. The van der Waals surface area contributed by atoms with E-state index in [1.54, 1.807) is 0 Å². The third kappa shape index (κ3) is 3.76. The van der Waals surface area contributed by atoms with Crippen LogP contribution in [-0.2, 0) is 9.59 Å². The van der Waals surface area contributed by atoms with Crippen molar-refractivity contribution in [3.05, 3.63) is 0 Å². The molecule has 0 aromatic carbocycles. The van der Waals surface area contributed by atoms with Crippen LogP contribution in [0.25, 0.3) is 0 Å². The molecule has 1 unspecified atom stereocenters. The predicted octanol–water partition coefficient (Wildman–Crippen LogP) is 1.82. The summed E-state index contributed by atoms with van der Waals surface area (Å²) in [4.78, 5) is 28.3. The topological polar surface area (TPSA) is 60.9 Å². The first-order valence-corrected chi connectivity index (χ1v) is 8.30. The van der Waals surface area contributed by atoms with Crippen LogP contribution >= 0.6 is 0 Å². The van der Waals surface area contributed by atoms with Crippen LogP contribution < -0.4 is 0 Å². The summed E-state index contributed by atoms with van der Waals surface area (Å²) in [6.45, 7) is 7.70. The summed E-state index contributed by atoms with van der Waals surface area (Å²) >= 11 is 0. The normalized spacial score (nSPS) is 29.1. The molecule has 1 aliphatic carbocycles. The van der Waals surface area contributed by atoms with Gasteiger partial charge in [-0.3, -0.25) is 14.5 Å². The van der Waals surface area contributed by atoms with Gasteiger partial charge in [0, 0.05) is 32.2 Å². The SMILES string of the molecule is CCC(C)N1CCN(C(=O)[C@@H]2CCCC[C@@H]2C(=O)O)CC1. The van der Waals surface area contributed by atoms with Crippen LogP contribution in [0.4, 0.5) is 0 Å². The van der Waals surface area contributed by atoms with Crippen molar-refractivity contribution < 1.29 is 14.7 Å². The van der Waals surface area contributed by atoms with Crippen LogP contribution in [0.3, 0.4) is 0 Å². The minimum Gasteiger partial charge on any atom is -0.481 e. The van der Waals surface area contributed by atoms with Crippen LogP contribution in [0, 0.1) is 11.8 Å². The second-order valence-corrected chi connectivity index (χ2v) is 6.45. The monoisotopic (exact) mass is 296 g/mol. The van der Waals surface area contributed by atoms with Gasteiger partial charge in [0.15, 0.2) is 0 Å². The lowest BCUT2D eigenvalue weighted by Gasteiger charge is -2.40. The van der Waals surface area contributed by atoms with E-state index in [-0.39, 0.29) is 11.8 Å². The number of carboxylic acid groups (broad SMARTS) is 1. The summed E-state index contributed by atoms with van der Waals surface area (Å²) in [6.07, 6.45) is 4.42. The summed E-state index contributed by atoms with van der Waals surface area (Å²) in [5, 5.41) is 9.32. The van der Waals surface area contributed by atoms with Crippen LogP contribution in [-0.4, -0.2) is 59.0 Å². The number of carboxylic acids is 1. The predicted molar refractivity (Wildman–Crippen MR) is 81.0 cm³/mol. The Labute approximate surface area is 127 Å². The van der Waals surface area contributed by atoms with Crippen LogP contribution in [0.5, 0.6) is 0 Å². The van der Waals surface area contributed by atoms with E-state index in [0.717, 1.165) is 51.9 Å². The van der Waals surface area contributed by atoms with Crippen molar-refractivity contribution in [1.29, 1.82) is 0 Å². The number of piperazine rings is 1. The molecule has 1 saturated carbocycles. The van der Waals surface area contributed by atoms with E-state index in [9.17, 15) is 14.7 Å². The van der Waals surface area contributed by atoms with E-state index in [2.05, 4.69) is 18.7 Å². The Balaban J connectivity index is 1.93. The number of carbonyl (C=O) groups excluding carboxylic acids is 1. The lowest BCUT2D eigenvalue weighted by Crippen LogP contribution is -2.53. The summed E-state index contributed by atoms with van der Waals surface area (Å²) in [6, 6.07) is 0.559. The Morgan fingerprint density at radius 1 is 1.10 bits per heavy atom. The van der Waals surface area contributed by atoms with Crippen LogP contribution in [0.2, 0.25) is 0 Å². The zero-order valence-electron chi connectivity index (χ0n) is 13.3. The number of amides is 1. The zero-order valence-corrected chi connectivity index (χ0v) is 13.3. The van der Waals surface area contributed by atoms with Crippen molar-refractivity contribution in [2.75, 3.05) is 26.2 Å². The van der Waals surface area contributed by atoms with Gasteiger partial charge in [-0.15, -0.1) is 0 Å². The largest absolute Gasteiger partial charge is 0.481 e. The second kappa shape index (κ2) is 7.25. The van der Waals surface area contributed by atoms with Gasteiger partial charge in [0.05, 0.1) is 11.8 Å². The maximum atomic E-state index is 12.7. The molecule has 2 rings (SSSR count). The molecule has 1 N–H and O–H groups in total. The molecule has 5 heteroatoms. The van der Waals surface area contributed by atoms with Crippen molar-refractivity contribution in [1.82, 2.24) is 9.80 Å². The fourth-order valence-corrected chi connectivity index (χ4v) is 3.60. The molecule has 1 saturated heterocycles. The lowest BCUT2D eigenvalue weighted by molar-refractivity contribution is -0.153. The Morgan fingerprint density at radius 2 is 1.67 bits per heavy atom. The first kappa shape index (κ1) is 16.3. The van der Waals surface area contributed by atoms with Crippen molar-refractivity contribution in [2.24, 2.45) is 11.8 Å². The third-order valence-corrected chi connectivity index (χ3v) is 5.24. The molecule has 120 valence electrons. The van der Waals surface area contributed by atoms with E-state index < -0.39 is 11.9 Å². The van der Waals surface area contributed by atoms with Gasteiger partial charge in [0.2, 0.25) is 5.91 Å². The molecule has 0 aromatic rings. The van der Waals surface area contributed by atoms with Gasteiger partial charge in [-0.2, -0.15) is 0 Å². The fraction of sp³-hybridized carbons (Fsp3) is 0.875. The van der Waals surface area contributed by atoms with Crippen LogP contribution in [0.15, 0.2) is 0 Å². The van der Waals surface area contributed by atoms with Gasteiger partial charge < -0.3 is 10.0 Å². The highest BCUT2D eigenvalue weighted by Crippen LogP contribution is 2.32. The zero-order chi connectivity index (χ0) is 15.4. The highest BCUT2D eigenvalue weighted by molar-refractivity contribution is 5.85. The van der Waals surface area contributed by atoms with Crippen molar-refractivity contribution in [3.8, 4) is 0 Å². The molecule has 1 amide bonds. The Kier molecular flexibility index (Phi) is 5.62. The number of rotatable bonds is 4. The molecule has 3 atom stereocenters. The number of hydrogen-bond donors (Lipinski definition) is 1. The minimum absolute atomic E-state index is 0.0749. The smallest absolute Gasteiger partial charge is 0.307 e. The molecule has 5 nitrogen and oxygen atoms in total. The second-order valence-electron chi connectivity index (χ2n) is 6.45. The number of carbonyl (C=O) groups is 2. The highest BCUT2D eigenvalue weighted by atomic mass is 16.4. The van der Waals surface area contributed by atoms with E-state index >= 15 is 0 Å². The number of hydrogen-bond acceptors (Lipinski definition) is 3. The number of aliphatic carboxylic acids is 1. The molecule has 2 fully saturated rings. The first-order chi connectivity index (χ1) is 10.0. The van der Waals surface area contributed by atoms with Gasteiger partial charge in [-0.05, 0) is 26.2 Å². The molecule has 1 heterocycles. The van der Waals surface area contributed by atoms with Gasteiger partial charge in [-0.25, -0.2) is 0 Å². The standard InChI is InChI=1S/C16H28N2O3/c1-3-12(2)17-8-10-18(11-9-17)15(19)13-6-4-5-7-14(13)16(20)21/h12-14H,3-11H2,1-2H3,(H,20,21)/t12?,13-,14+/m1/s1. The van der Waals surface area contributed by atoms with Gasteiger partial charge in [0.1, 0.15) is 0 Å². The molecule has 0 spiro atoms. The first-order valence-electron chi connectivity index (χ1n) is 8.30. The Morgan fingerprint density at radius 3 is 2.19 bits per heavy atom. The van der Waals surface area contributed by atoms with E-state index in [1.807, 2.05) is 4.90 Å². The maximum absolute atomic E-state index is 12.7. The van der Waals surface area contributed by atoms with Gasteiger partial charge in [0.25, 0.3) is 0 Å². The van der Waals surface area contributed by atoms with E-state index in [0.29, 0.717) is 12.5 Å². The van der Waals surface area contributed by atoms with Crippen LogP contribution in [0.1, 0.15) is 46.0 Å². The van der Waals surface area contributed by atoms with Gasteiger partial charge in [-0.1, -0.05) is 19.8 Å². The summed E-state index contributed by atoms with van der Waals surface area (Å²) in [5.41, 5.74) is 0. The molecule has 0 aromatic heterocycles. The highest BCUT2D eigenvalue weighted by Gasteiger charge is 2.38. The molecule has 0 bridgehead atoms. The molecule has 2 aliphatic rings. The molecular weight excluding hydrogens is 268 g/mol. The summed E-state index contributed by atoms with van der Waals surface area (Å²) in [5.74, 6) is -1.50. The van der Waals surface area contributed by atoms with E-state index in [1.165, 1.54) is 0 Å². The van der Waals surface area contributed by atoms with Gasteiger partial charge >= 0.3 is 5.97 Å². The molecular formula is C16H28N2O3. The van der Waals surface area contributed by atoms with E-state index in [4.69, 9.17) is 0 Å². The van der Waals surface area contributed by atoms with Crippen molar-refractivity contribution >= 4 is 11.9 Å². The molecule has 1 aliphatic heterocycles. The maximum Gasteiger partial charge on any atom is 0.307 e. The van der Waals surface area contributed by atoms with Crippen molar-refractivity contribution in [2.45, 2.75) is 52.0 Å². The minimum atomic E-state index is -0.800. The third-order valence-electron chi connectivity index (χ3n) is 5.24. The summed E-state index contributed by atoms with van der Waals surface area (Å²) in [7, 11) is 0. The van der Waals surface area contributed by atoms with Crippen molar-refractivity contribution in [3.63, 3.8) is 0 Å². The summed E-state index contributed by atoms with van der Waals surface area (Å²) < 4.78 is 0.